The number of carbonyl (C=O) groups is 1. The molecule has 1 fully saturated rings. The molecule has 0 saturated heterocycles. The summed E-state index contributed by atoms with van der Waals surface area (Å²) in [5.41, 5.74) is 1.71. The molecule has 3 rings (SSSR count). The summed E-state index contributed by atoms with van der Waals surface area (Å²) in [6.45, 7) is 2.74. The fraction of sp³-hybridized carbons (Fsp3) is 0.462. The van der Waals surface area contributed by atoms with Crippen molar-refractivity contribution in [3.8, 4) is 0 Å². The third-order valence-corrected chi connectivity index (χ3v) is 3.51. The Hall–Kier alpha value is -2.11. The van der Waals surface area contributed by atoms with Gasteiger partial charge in [0.2, 0.25) is 5.56 Å². The van der Waals surface area contributed by atoms with Crippen molar-refractivity contribution in [1.29, 1.82) is 0 Å². The molecular formula is C13H16N4O2. The van der Waals surface area contributed by atoms with E-state index in [1.54, 1.807) is 7.05 Å². The fourth-order valence-corrected chi connectivity index (χ4v) is 2.51. The first-order valence-electron chi connectivity index (χ1n) is 6.51. The highest BCUT2D eigenvalue weighted by Crippen LogP contribution is 2.43. The molecule has 0 spiro atoms. The van der Waals surface area contributed by atoms with Crippen LogP contribution in [0.4, 0.5) is 0 Å². The van der Waals surface area contributed by atoms with Crippen LogP contribution in [0.3, 0.4) is 0 Å². The van der Waals surface area contributed by atoms with Crippen LogP contribution in [-0.2, 0) is 6.54 Å². The number of rotatable bonds is 3. The van der Waals surface area contributed by atoms with Gasteiger partial charge in [0.25, 0.3) is 5.91 Å². The Morgan fingerprint density at radius 2 is 2.32 bits per heavy atom. The average Bonchev–Trinajstić information content (AvgIpc) is 3.17. The third kappa shape index (κ3) is 1.83. The predicted octanol–water partition coefficient (Wildman–Crippen LogP) is 0.982. The van der Waals surface area contributed by atoms with Crippen LogP contribution in [0, 0.1) is 0 Å². The summed E-state index contributed by atoms with van der Waals surface area (Å²) in [7, 11) is 1.57. The van der Waals surface area contributed by atoms with Crippen LogP contribution in [0.5, 0.6) is 0 Å². The van der Waals surface area contributed by atoms with Gasteiger partial charge in [-0.2, -0.15) is 5.10 Å². The third-order valence-electron chi connectivity index (χ3n) is 3.51. The van der Waals surface area contributed by atoms with E-state index in [4.69, 9.17) is 0 Å². The maximum Gasteiger partial charge on any atom is 0.252 e. The van der Waals surface area contributed by atoms with Gasteiger partial charge in [-0.05, 0) is 19.8 Å². The van der Waals surface area contributed by atoms with Gasteiger partial charge >= 0.3 is 0 Å². The molecule has 6 nitrogen and oxygen atoms in total. The van der Waals surface area contributed by atoms with E-state index in [2.05, 4.69) is 15.4 Å². The Kier molecular flexibility index (Phi) is 2.66. The second-order valence-electron chi connectivity index (χ2n) is 4.83. The first kappa shape index (κ1) is 12.0. The molecule has 19 heavy (non-hydrogen) atoms. The highest BCUT2D eigenvalue weighted by atomic mass is 16.2. The summed E-state index contributed by atoms with van der Waals surface area (Å²) < 4.78 is 1.89. The number of nitrogens with zero attached hydrogens (tertiary/aromatic N) is 2. The number of nitrogens with one attached hydrogen (secondary N) is 2. The van der Waals surface area contributed by atoms with Crippen LogP contribution < -0.4 is 10.9 Å². The van der Waals surface area contributed by atoms with Gasteiger partial charge in [-0.1, -0.05) is 0 Å². The van der Waals surface area contributed by atoms with Crippen LogP contribution in [0.2, 0.25) is 0 Å². The summed E-state index contributed by atoms with van der Waals surface area (Å²) in [4.78, 5) is 26.3. The van der Waals surface area contributed by atoms with Gasteiger partial charge in [-0.3, -0.25) is 14.3 Å². The van der Waals surface area contributed by atoms with E-state index in [9.17, 15) is 9.59 Å². The Morgan fingerprint density at radius 1 is 1.58 bits per heavy atom. The maximum atomic E-state index is 12.0. The molecule has 0 aliphatic heterocycles. The molecule has 6 heteroatoms. The average molecular weight is 260 g/mol. The lowest BCUT2D eigenvalue weighted by molar-refractivity contribution is 0.0964. The van der Waals surface area contributed by atoms with Crippen molar-refractivity contribution in [3.63, 3.8) is 0 Å². The Bertz CT molecular complexity index is 709. The minimum absolute atomic E-state index is 0.242. The minimum Gasteiger partial charge on any atom is -0.355 e. The summed E-state index contributed by atoms with van der Waals surface area (Å²) in [5, 5.41) is 7.79. The highest BCUT2D eigenvalue weighted by molar-refractivity contribution is 6.06. The fourth-order valence-electron chi connectivity index (χ4n) is 2.51. The predicted molar refractivity (Wildman–Crippen MR) is 71.4 cm³/mol. The number of carbonyl (C=O) groups excluding carboxylic acids is 1. The largest absolute Gasteiger partial charge is 0.355 e. The quantitative estimate of drug-likeness (QED) is 0.863. The second-order valence-corrected chi connectivity index (χ2v) is 4.83. The van der Waals surface area contributed by atoms with Crippen molar-refractivity contribution in [2.75, 3.05) is 7.05 Å². The first-order valence-corrected chi connectivity index (χ1v) is 6.51. The normalized spacial score (nSPS) is 14.8. The molecule has 0 bridgehead atoms. The van der Waals surface area contributed by atoms with Gasteiger partial charge in [0.15, 0.2) is 5.65 Å². The topological polar surface area (TPSA) is 79.8 Å². The number of amides is 1. The number of pyridine rings is 1. The lowest BCUT2D eigenvalue weighted by Gasteiger charge is -2.05. The molecule has 0 unspecified atom stereocenters. The Balaban J connectivity index is 2.37. The number of hydrogen-bond acceptors (Lipinski definition) is 3. The van der Waals surface area contributed by atoms with Crippen LogP contribution in [0.25, 0.3) is 11.0 Å². The van der Waals surface area contributed by atoms with E-state index in [0.717, 1.165) is 30.5 Å². The summed E-state index contributed by atoms with van der Waals surface area (Å²) in [6.07, 6.45) is 2.24. The van der Waals surface area contributed by atoms with Crippen LogP contribution in [-0.4, -0.2) is 27.7 Å². The van der Waals surface area contributed by atoms with Gasteiger partial charge < -0.3 is 10.3 Å². The van der Waals surface area contributed by atoms with Crippen molar-refractivity contribution >= 4 is 16.9 Å². The van der Waals surface area contributed by atoms with Crippen molar-refractivity contribution in [1.82, 2.24) is 20.1 Å². The van der Waals surface area contributed by atoms with E-state index in [1.807, 2.05) is 11.6 Å². The van der Waals surface area contributed by atoms with Gasteiger partial charge in [-0.25, -0.2) is 0 Å². The number of fused-ring (bicyclic) bond motifs is 1. The highest BCUT2D eigenvalue weighted by Gasteiger charge is 2.31. The summed E-state index contributed by atoms with van der Waals surface area (Å²) in [5.74, 6) is 0.216. The zero-order valence-electron chi connectivity index (χ0n) is 11.0. The van der Waals surface area contributed by atoms with Crippen molar-refractivity contribution in [2.24, 2.45) is 0 Å². The van der Waals surface area contributed by atoms with E-state index < -0.39 is 0 Å². The van der Waals surface area contributed by atoms with Gasteiger partial charge in [-0.15, -0.1) is 0 Å². The standard InChI is InChI=1S/C13H16N4O2/c1-3-17-11(7-4-5-7)10-8(13(19)14-2)6-9(18)15-12(10)16-17/h6-7H,3-5H2,1-2H3,(H,14,19)(H,15,16,18). The molecule has 100 valence electrons. The SMILES string of the molecule is CCn1nc2[nH]c(=O)cc(C(=O)NC)c2c1C1CC1. The molecule has 2 aromatic rings. The van der Waals surface area contributed by atoms with Crippen LogP contribution in [0.1, 0.15) is 41.7 Å². The number of aryl methyl sites for hydroxylation is 1. The molecule has 1 aliphatic carbocycles. The lowest BCUT2D eigenvalue weighted by atomic mass is 10.1. The zero-order valence-corrected chi connectivity index (χ0v) is 11.0. The summed E-state index contributed by atoms with van der Waals surface area (Å²) >= 11 is 0. The molecule has 0 atom stereocenters. The number of H-pyrrole nitrogens is 1. The second kappa shape index (κ2) is 4.22. The van der Waals surface area contributed by atoms with Crippen molar-refractivity contribution in [3.05, 3.63) is 27.7 Å². The Morgan fingerprint density at radius 3 is 2.89 bits per heavy atom. The number of hydrogen-bond donors (Lipinski definition) is 2. The number of aromatic nitrogens is 3. The maximum absolute atomic E-state index is 12.0. The van der Waals surface area contributed by atoms with Gasteiger partial charge in [0.05, 0.1) is 16.6 Å². The van der Waals surface area contributed by atoms with Crippen molar-refractivity contribution in [2.45, 2.75) is 32.2 Å². The molecule has 1 aliphatic rings. The van der Waals surface area contributed by atoms with E-state index in [1.165, 1.54) is 6.07 Å². The van der Waals surface area contributed by atoms with Crippen molar-refractivity contribution < 1.29 is 4.79 Å². The molecule has 2 heterocycles. The lowest BCUT2D eigenvalue weighted by Crippen LogP contribution is -2.21. The van der Waals surface area contributed by atoms with Gasteiger partial charge in [0, 0.05) is 25.6 Å². The molecule has 2 N–H and O–H groups in total. The van der Waals surface area contributed by atoms with E-state index in [0.29, 0.717) is 17.1 Å². The molecule has 0 radical (unpaired) electrons. The molecule has 1 amide bonds. The smallest absolute Gasteiger partial charge is 0.252 e. The minimum atomic E-state index is -0.297. The first-order chi connectivity index (χ1) is 9.15. The zero-order chi connectivity index (χ0) is 13.6. The van der Waals surface area contributed by atoms with E-state index >= 15 is 0 Å². The number of aromatic amines is 1. The Labute approximate surface area is 109 Å². The molecular weight excluding hydrogens is 244 g/mol. The van der Waals surface area contributed by atoms with E-state index in [-0.39, 0.29) is 11.5 Å². The molecule has 0 aromatic carbocycles. The monoisotopic (exact) mass is 260 g/mol. The van der Waals surface area contributed by atoms with Crippen LogP contribution in [0.15, 0.2) is 10.9 Å². The molecule has 1 saturated carbocycles. The van der Waals surface area contributed by atoms with Gasteiger partial charge in [0.1, 0.15) is 0 Å². The molecule has 2 aromatic heterocycles. The summed E-state index contributed by atoms with van der Waals surface area (Å²) in [6, 6.07) is 1.36. The van der Waals surface area contributed by atoms with Crippen LogP contribution >= 0.6 is 0 Å².